The van der Waals surface area contributed by atoms with E-state index in [-0.39, 0.29) is 15.6 Å². The lowest BCUT2D eigenvalue weighted by Crippen LogP contribution is -2.31. The molecule has 1 heterocycles. The molecule has 2 aromatic carbocycles. The number of benzene rings is 2. The van der Waals surface area contributed by atoms with E-state index in [9.17, 15) is 9.59 Å². The van der Waals surface area contributed by atoms with Gasteiger partial charge in [0.05, 0.1) is 22.9 Å². The first-order valence-electron chi connectivity index (χ1n) is 7.91. The number of rotatable bonds is 5. The molecule has 26 heavy (non-hydrogen) atoms. The second kappa shape index (κ2) is 7.70. The summed E-state index contributed by atoms with van der Waals surface area (Å²) in [6.07, 6.45) is 0.846. The summed E-state index contributed by atoms with van der Waals surface area (Å²) in [5.74, 6) is -0.582. The maximum Gasteiger partial charge on any atom is 0.277 e. The zero-order valence-corrected chi connectivity index (χ0v) is 16.0. The van der Waals surface area contributed by atoms with Crippen LogP contribution in [0.4, 0.5) is 5.69 Å². The van der Waals surface area contributed by atoms with Gasteiger partial charge in [0.1, 0.15) is 10.8 Å². The summed E-state index contributed by atoms with van der Waals surface area (Å²) in [5.41, 5.74) is 0.797. The van der Waals surface area contributed by atoms with Gasteiger partial charge in [-0.15, -0.1) is 0 Å². The quantitative estimate of drug-likeness (QED) is 0.628. The van der Waals surface area contributed by atoms with Gasteiger partial charge in [0.2, 0.25) is 0 Å². The zero-order chi connectivity index (χ0) is 18.8. The number of halogens is 3. The molecular formula is C19H14Cl3NO3. The molecule has 0 N–H and O–H groups in total. The second-order valence-corrected chi connectivity index (χ2v) is 6.83. The summed E-state index contributed by atoms with van der Waals surface area (Å²) < 4.78 is 5.56. The molecule has 0 saturated carbocycles. The number of imide groups is 1. The molecule has 3 rings (SSSR count). The Balaban J connectivity index is 1.98. The Labute approximate surface area is 165 Å². The van der Waals surface area contributed by atoms with Crippen molar-refractivity contribution in [2.24, 2.45) is 0 Å². The van der Waals surface area contributed by atoms with Gasteiger partial charge in [-0.3, -0.25) is 9.59 Å². The van der Waals surface area contributed by atoms with E-state index in [1.807, 2.05) is 6.92 Å². The summed E-state index contributed by atoms with van der Waals surface area (Å²) in [4.78, 5) is 26.5. The Morgan fingerprint density at radius 2 is 1.77 bits per heavy atom. The van der Waals surface area contributed by atoms with Crippen LogP contribution in [-0.2, 0) is 9.59 Å². The monoisotopic (exact) mass is 409 g/mol. The predicted octanol–water partition coefficient (Wildman–Crippen LogP) is 5.31. The number of hydrogen-bond acceptors (Lipinski definition) is 3. The van der Waals surface area contributed by atoms with E-state index >= 15 is 0 Å². The minimum absolute atomic E-state index is 0.0539. The molecule has 1 aliphatic rings. The number of carbonyl (C=O) groups excluding carboxylic acids is 2. The maximum atomic E-state index is 12.9. The average molecular weight is 411 g/mol. The van der Waals surface area contributed by atoms with Crippen LogP contribution in [0.1, 0.15) is 18.9 Å². The summed E-state index contributed by atoms with van der Waals surface area (Å²) in [7, 11) is 0. The van der Waals surface area contributed by atoms with Gasteiger partial charge in [-0.25, -0.2) is 4.90 Å². The highest BCUT2D eigenvalue weighted by Gasteiger charge is 2.40. The van der Waals surface area contributed by atoms with Crippen molar-refractivity contribution in [3.63, 3.8) is 0 Å². The van der Waals surface area contributed by atoms with Crippen LogP contribution >= 0.6 is 34.8 Å². The largest absolute Gasteiger partial charge is 0.494 e. The van der Waals surface area contributed by atoms with Crippen molar-refractivity contribution in [1.29, 1.82) is 0 Å². The lowest BCUT2D eigenvalue weighted by Gasteiger charge is -2.16. The van der Waals surface area contributed by atoms with Crippen LogP contribution in [0.2, 0.25) is 10.0 Å². The van der Waals surface area contributed by atoms with Gasteiger partial charge >= 0.3 is 0 Å². The van der Waals surface area contributed by atoms with Crippen molar-refractivity contribution in [2.75, 3.05) is 11.5 Å². The molecule has 0 saturated heterocycles. The van der Waals surface area contributed by atoms with Crippen molar-refractivity contribution in [3.05, 3.63) is 63.1 Å². The predicted molar refractivity (Wildman–Crippen MR) is 104 cm³/mol. The lowest BCUT2D eigenvalue weighted by molar-refractivity contribution is -0.119. The number of amides is 2. The van der Waals surface area contributed by atoms with Crippen molar-refractivity contribution < 1.29 is 14.3 Å². The molecule has 0 atom stereocenters. The topological polar surface area (TPSA) is 46.6 Å². The summed E-state index contributed by atoms with van der Waals surface area (Å²) in [5, 5.41) is 0.484. The van der Waals surface area contributed by atoms with Crippen molar-refractivity contribution in [2.45, 2.75) is 13.3 Å². The Kier molecular flexibility index (Phi) is 5.56. The van der Waals surface area contributed by atoms with Gasteiger partial charge in [-0.1, -0.05) is 53.9 Å². The second-order valence-electron chi connectivity index (χ2n) is 5.60. The van der Waals surface area contributed by atoms with E-state index in [0.717, 1.165) is 11.3 Å². The van der Waals surface area contributed by atoms with Gasteiger partial charge in [-0.2, -0.15) is 0 Å². The molecule has 0 radical (unpaired) electrons. The fraction of sp³-hybridized carbons (Fsp3) is 0.158. The highest BCUT2D eigenvalue weighted by Crippen LogP contribution is 2.38. The lowest BCUT2D eigenvalue weighted by atomic mass is 10.1. The Morgan fingerprint density at radius 1 is 1.00 bits per heavy atom. The normalized spacial score (nSPS) is 14.4. The van der Waals surface area contributed by atoms with Crippen LogP contribution in [0, 0.1) is 0 Å². The van der Waals surface area contributed by atoms with Crippen LogP contribution in [0.5, 0.6) is 5.75 Å². The molecule has 0 fully saturated rings. The van der Waals surface area contributed by atoms with Crippen LogP contribution in [0.25, 0.3) is 5.57 Å². The molecular weight excluding hydrogens is 397 g/mol. The molecule has 0 spiro atoms. The molecule has 2 amide bonds. The van der Waals surface area contributed by atoms with E-state index in [0.29, 0.717) is 28.6 Å². The Bertz CT molecular complexity index is 924. The summed E-state index contributed by atoms with van der Waals surface area (Å²) in [6.45, 7) is 2.53. The fourth-order valence-electron chi connectivity index (χ4n) is 2.60. The molecule has 0 bridgehead atoms. The van der Waals surface area contributed by atoms with Gasteiger partial charge in [-0.05, 0) is 30.7 Å². The first-order chi connectivity index (χ1) is 12.4. The minimum Gasteiger partial charge on any atom is -0.494 e. The zero-order valence-electron chi connectivity index (χ0n) is 13.8. The third-order valence-corrected chi connectivity index (χ3v) is 4.67. The average Bonchev–Trinajstić information content (AvgIpc) is 2.83. The van der Waals surface area contributed by atoms with Crippen molar-refractivity contribution in [3.8, 4) is 5.75 Å². The van der Waals surface area contributed by atoms with Crippen molar-refractivity contribution in [1.82, 2.24) is 0 Å². The molecule has 0 aliphatic carbocycles. The van der Waals surface area contributed by atoms with E-state index in [1.165, 1.54) is 6.07 Å². The summed E-state index contributed by atoms with van der Waals surface area (Å²) in [6, 6.07) is 11.4. The summed E-state index contributed by atoms with van der Waals surface area (Å²) >= 11 is 18.3. The van der Waals surface area contributed by atoms with Crippen molar-refractivity contribution >= 4 is 57.9 Å². The first-order valence-corrected chi connectivity index (χ1v) is 9.04. The van der Waals surface area contributed by atoms with Crippen LogP contribution in [-0.4, -0.2) is 18.4 Å². The van der Waals surface area contributed by atoms with Gasteiger partial charge < -0.3 is 4.74 Å². The molecule has 0 aromatic heterocycles. The third kappa shape index (κ3) is 3.45. The third-order valence-electron chi connectivity index (χ3n) is 3.78. The van der Waals surface area contributed by atoms with E-state index in [4.69, 9.17) is 39.5 Å². The number of ether oxygens (including phenoxy) is 1. The smallest absolute Gasteiger partial charge is 0.277 e. The first kappa shape index (κ1) is 18.8. The standard InChI is InChI=1S/C19H14Cl3NO3/c1-2-8-26-13-5-3-4-12(10-13)23-18(24)16(17(22)19(23)25)14-7-6-11(20)9-15(14)21/h3-7,9-10H,2,8H2,1H3. The van der Waals surface area contributed by atoms with Gasteiger partial charge in [0.25, 0.3) is 11.8 Å². The number of hydrogen-bond donors (Lipinski definition) is 0. The number of carbonyl (C=O) groups is 2. The number of nitrogens with zero attached hydrogens (tertiary/aromatic N) is 1. The van der Waals surface area contributed by atoms with E-state index in [1.54, 1.807) is 36.4 Å². The molecule has 0 unspecified atom stereocenters. The van der Waals surface area contributed by atoms with Gasteiger partial charge in [0.15, 0.2) is 0 Å². The molecule has 4 nitrogen and oxygen atoms in total. The van der Waals surface area contributed by atoms with Crippen LogP contribution < -0.4 is 9.64 Å². The number of anilines is 1. The highest BCUT2D eigenvalue weighted by atomic mass is 35.5. The van der Waals surface area contributed by atoms with E-state index < -0.39 is 11.8 Å². The van der Waals surface area contributed by atoms with Crippen LogP contribution in [0.15, 0.2) is 47.5 Å². The van der Waals surface area contributed by atoms with Crippen LogP contribution in [0.3, 0.4) is 0 Å². The Hall–Kier alpha value is -2.01. The maximum absolute atomic E-state index is 12.9. The molecule has 1 aliphatic heterocycles. The van der Waals surface area contributed by atoms with Gasteiger partial charge in [0, 0.05) is 16.7 Å². The molecule has 2 aromatic rings. The molecule has 7 heteroatoms. The fourth-order valence-corrected chi connectivity index (χ4v) is 3.37. The highest BCUT2D eigenvalue weighted by molar-refractivity contribution is 6.60. The Morgan fingerprint density at radius 3 is 2.46 bits per heavy atom. The minimum atomic E-state index is -0.606. The molecule has 134 valence electrons. The SMILES string of the molecule is CCCOc1cccc(N2C(=O)C(Cl)=C(c3ccc(Cl)cc3Cl)C2=O)c1. The van der Waals surface area contributed by atoms with E-state index in [2.05, 4.69) is 0 Å².